The largest absolute Gasteiger partial charge is 0.300 e. The lowest BCUT2D eigenvalue weighted by Gasteiger charge is -1.69. The van der Waals surface area contributed by atoms with Gasteiger partial charge in [0.1, 0.15) is 5.78 Å². The minimum absolute atomic E-state index is 0.167. The molecule has 88 valence electrons. The van der Waals surface area contributed by atoms with Gasteiger partial charge in [-0.15, -0.1) is 0 Å². The number of hydrogen-bond donors (Lipinski definition) is 0. The molecule has 0 aliphatic rings. The topological polar surface area (TPSA) is 17.1 Å². The van der Waals surface area contributed by atoms with E-state index < -0.39 is 0 Å². The van der Waals surface area contributed by atoms with E-state index in [4.69, 9.17) is 0 Å². The highest BCUT2D eigenvalue weighted by Gasteiger charge is 1.62. The first-order valence-corrected chi connectivity index (χ1v) is 5.62. The second-order valence-corrected chi connectivity index (χ2v) is 2.77. The Morgan fingerprint density at radius 1 is 0.800 bits per heavy atom. The summed E-state index contributed by atoms with van der Waals surface area (Å²) in [5.41, 5.74) is 0. The van der Waals surface area contributed by atoms with Crippen LogP contribution in [-0.2, 0) is 4.79 Å². The number of benzene rings is 1. The molecule has 0 fully saturated rings. The van der Waals surface area contributed by atoms with Gasteiger partial charge in [0.25, 0.3) is 0 Å². The van der Waals surface area contributed by atoms with E-state index in [2.05, 4.69) is 13.8 Å². The van der Waals surface area contributed by atoms with Crippen molar-refractivity contribution in [3.8, 4) is 0 Å². The van der Waals surface area contributed by atoms with Gasteiger partial charge in [0.05, 0.1) is 0 Å². The predicted octanol–water partition coefficient (Wildman–Crippen LogP) is 4.72. The molecule has 0 heterocycles. The van der Waals surface area contributed by atoms with Crippen LogP contribution in [0, 0.1) is 0 Å². The van der Waals surface area contributed by atoms with Crippen LogP contribution >= 0.6 is 0 Å². The van der Waals surface area contributed by atoms with Crippen molar-refractivity contribution in [2.75, 3.05) is 0 Å². The van der Waals surface area contributed by atoms with E-state index in [9.17, 15) is 4.79 Å². The molecule has 1 aromatic rings. The van der Waals surface area contributed by atoms with Crippen LogP contribution in [0.15, 0.2) is 36.4 Å². The van der Waals surface area contributed by atoms with E-state index in [1.807, 2.05) is 50.2 Å². The number of rotatable bonds is 0. The molecule has 15 heavy (non-hydrogen) atoms. The van der Waals surface area contributed by atoms with Gasteiger partial charge in [-0.25, -0.2) is 0 Å². The van der Waals surface area contributed by atoms with Gasteiger partial charge in [0.15, 0.2) is 0 Å². The quantitative estimate of drug-likeness (QED) is 0.605. The van der Waals surface area contributed by atoms with Crippen molar-refractivity contribution in [2.45, 2.75) is 48.0 Å². The summed E-state index contributed by atoms with van der Waals surface area (Å²) in [4.78, 5) is 9.44. The van der Waals surface area contributed by atoms with Crippen molar-refractivity contribution in [3.63, 3.8) is 0 Å². The predicted molar refractivity (Wildman–Crippen MR) is 70.1 cm³/mol. The molecule has 0 N–H and O–H groups in total. The van der Waals surface area contributed by atoms with Gasteiger partial charge in [-0.2, -0.15) is 0 Å². The second-order valence-electron chi connectivity index (χ2n) is 2.77. The highest BCUT2D eigenvalue weighted by molar-refractivity contribution is 5.72. The van der Waals surface area contributed by atoms with E-state index >= 15 is 0 Å². The first-order chi connectivity index (χ1) is 7.15. The molecule has 0 amide bonds. The SMILES string of the molecule is CC.CC(C)=O.CCC.c1ccccc1. The summed E-state index contributed by atoms with van der Waals surface area (Å²) in [5.74, 6) is 0.167. The van der Waals surface area contributed by atoms with Crippen LogP contribution in [0.3, 0.4) is 0 Å². The van der Waals surface area contributed by atoms with Crippen molar-refractivity contribution in [1.82, 2.24) is 0 Å². The van der Waals surface area contributed by atoms with Crippen molar-refractivity contribution < 1.29 is 4.79 Å². The molecule has 0 atom stereocenters. The lowest BCUT2D eigenvalue weighted by Crippen LogP contribution is -1.69. The molecule has 0 saturated heterocycles. The number of hydrogen-bond acceptors (Lipinski definition) is 1. The zero-order chi connectivity index (χ0) is 12.5. The molecule has 0 aromatic heterocycles. The molecule has 0 bridgehead atoms. The monoisotopic (exact) mass is 210 g/mol. The summed E-state index contributed by atoms with van der Waals surface area (Å²) >= 11 is 0. The van der Waals surface area contributed by atoms with Gasteiger partial charge in [0, 0.05) is 0 Å². The Hall–Kier alpha value is -1.11. The van der Waals surface area contributed by atoms with Crippen LogP contribution in [-0.4, -0.2) is 5.78 Å². The van der Waals surface area contributed by atoms with E-state index in [0.717, 1.165) is 0 Å². The molecule has 1 rings (SSSR count). The van der Waals surface area contributed by atoms with Gasteiger partial charge in [0.2, 0.25) is 0 Å². The van der Waals surface area contributed by atoms with Gasteiger partial charge in [-0.1, -0.05) is 70.5 Å². The van der Waals surface area contributed by atoms with Crippen LogP contribution in [0.4, 0.5) is 0 Å². The summed E-state index contributed by atoms with van der Waals surface area (Å²) in [5, 5.41) is 0. The van der Waals surface area contributed by atoms with Crippen LogP contribution in [0.1, 0.15) is 48.0 Å². The Kier molecular flexibility index (Phi) is 29.9. The van der Waals surface area contributed by atoms with Crippen molar-refractivity contribution >= 4 is 5.78 Å². The number of ketones is 1. The fourth-order valence-corrected chi connectivity index (χ4v) is 0.385. The zero-order valence-electron chi connectivity index (χ0n) is 11.1. The minimum atomic E-state index is 0.167. The fraction of sp³-hybridized carbons (Fsp3) is 0.500. The highest BCUT2D eigenvalue weighted by Crippen LogP contribution is 1.79. The summed E-state index contributed by atoms with van der Waals surface area (Å²) in [6, 6.07) is 12.0. The maximum Gasteiger partial charge on any atom is 0.126 e. The Morgan fingerprint density at radius 2 is 0.867 bits per heavy atom. The molecule has 1 heteroatoms. The van der Waals surface area contributed by atoms with E-state index in [1.165, 1.54) is 20.3 Å². The Balaban J connectivity index is -0.000000142. The third kappa shape index (κ3) is 63.9. The normalized spacial score (nSPS) is 6.53. The van der Waals surface area contributed by atoms with E-state index in [1.54, 1.807) is 0 Å². The molecule has 0 unspecified atom stereocenters. The summed E-state index contributed by atoms with van der Waals surface area (Å²) in [7, 11) is 0. The van der Waals surface area contributed by atoms with E-state index in [-0.39, 0.29) is 5.78 Å². The zero-order valence-corrected chi connectivity index (χ0v) is 11.1. The summed E-state index contributed by atoms with van der Waals surface area (Å²) in [6.07, 6.45) is 1.25. The molecule has 1 nitrogen and oxygen atoms in total. The molecular weight excluding hydrogens is 184 g/mol. The standard InChI is InChI=1S/C6H6.C3H6O.C3H8.C2H6/c1-2-4-6-5-3-1;1-3(2)4;1-3-2;1-2/h1-6H;1-2H3;3H2,1-2H3;1-2H3. The maximum atomic E-state index is 9.44. The maximum absolute atomic E-state index is 9.44. The van der Waals surface area contributed by atoms with Crippen molar-refractivity contribution in [1.29, 1.82) is 0 Å². The van der Waals surface area contributed by atoms with Crippen LogP contribution in [0.25, 0.3) is 0 Å². The Morgan fingerprint density at radius 3 is 0.933 bits per heavy atom. The van der Waals surface area contributed by atoms with E-state index in [0.29, 0.717) is 0 Å². The molecule has 0 saturated carbocycles. The number of carbonyl (C=O) groups is 1. The molecule has 0 spiro atoms. The van der Waals surface area contributed by atoms with Crippen LogP contribution in [0.2, 0.25) is 0 Å². The molecule has 0 aliphatic carbocycles. The molecule has 1 aromatic carbocycles. The first-order valence-electron chi connectivity index (χ1n) is 5.62. The minimum Gasteiger partial charge on any atom is -0.300 e. The fourth-order valence-electron chi connectivity index (χ4n) is 0.385. The smallest absolute Gasteiger partial charge is 0.126 e. The number of Topliss-reactive ketones (excluding diaryl/α,β-unsaturated/α-hetero) is 1. The lowest BCUT2D eigenvalue weighted by molar-refractivity contribution is -0.114. The van der Waals surface area contributed by atoms with Crippen molar-refractivity contribution in [3.05, 3.63) is 36.4 Å². The highest BCUT2D eigenvalue weighted by atomic mass is 16.1. The molecule has 0 aliphatic heterocycles. The lowest BCUT2D eigenvalue weighted by atomic mass is 10.4. The third-order valence-electron chi connectivity index (χ3n) is 0.667. The number of carbonyl (C=O) groups excluding carboxylic acids is 1. The van der Waals surface area contributed by atoms with Crippen LogP contribution < -0.4 is 0 Å². The van der Waals surface area contributed by atoms with Gasteiger partial charge in [-0.3, -0.25) is 0 Å². The van der Waals surface area contributed by atoms with Gasteiger partial charge < -0.3 is 4.79 Å². The third-order valence-corrected chi connectivity index (χ3v) is 0.667. The second kappa shape index (κ2) is 23.1. The first kappa shape index (κ1) is 19.5. The van der Waals surface area contributed by atoms with Crippen molar-refractivity contribution in [2.24, 2.45) is 0 Å². The molecular formula is C14H26O. The average molecular weight is 210 g/mol. The summed E-state index contributed by atoms with van der Waals surface area (Å²) in [6.45, 7) is 11.3. The van der Waals surface area contributed by atoms with Gasteiger partial charge in [-0.05, 0) is 13.8 Å². The van der Waals surface area contributed by atoms with Crippen LogP contribution in [0.5, 0.6) is 0 Å². The Bertz CT molecular complexity index is 149. The van der Waals surface area contributed by atoms with Gasteiger partial charge >= 0.3 is 0 Å². The average Bonchev–Trinajstić information content (AvgIpc) is 2.24. The molecule has 0 radical (unpaired) electrons. The Labute approximate surface area is 95.5 Å². The summed E-state index contributed by atoms with van der Waals surface area (Å²) < 4.78 is 0.